The number of hydrogen-bond acceptors (Lipinski definition) is 3. The van der Waals surface area contributed by atoms with E-state index < -0.39 is 5.60 Å². The van der Waals surface area contributed by atoms with Crippen LogP contribution in [0.15, 0.2) is 18.2 Å². The molecule has 1 saturated carbocycles. The number of aromatic nitrogens is 1. The molecule has 0 radical (unpaired) electrons. The third-order valence-corrected chi connectivity index (χ3v) is 4.20. The SMILES string of the molecule is CC(C)(O)c1cccc2sc(C3CC3)nc12. The van der Waals surface area contributed by atoms with Gasteiger partial charge in [-0.2, -0.15) is 0 Å². The van der Waals surface area contributed by atoms with Gasteiger partial charge in [0.1, 0.15) is 0 Å². The van der Waals surface area contributed by atoms with Crippen molar-refractivity contribution in [3.05, 3.63) is 28.8 Å². The number of thiazole rings is 1. The highest BCUT2D eigenvalue weighted by atomic mass is 32.1. The standard InChI is InChI=1S/C13H15NOS/c1-13(2,15)9-4-3-5-10-11(9)14-12(16-10)8-6-7-8/h3-5,8,15H,6-7H2,1-2H3. The second kappa shape index (κ2) is 3.28. The van der Waals surface area contributed by atoms with Gasteiger partial charge in [0, 0.05) is 11.5 Å². The van der Waals surface area contributed by atoms with Gasteiger partial charge >= 0.3 is 0 Å². The molecule has 0 bridgehead atoms. The quantitative estimate of drug-likeness (QED) is 0.862. The summed E-state index contributed by atoms with van der Waals surface area (Å²) >= 11 is 1.78. The van der Waals surface area contributed by atoms with E-state index in [9.17, 15) is 5.11 Å². The highest BCUT2D eigenvalue weighted by molar-refractivity contribution is 7.18. The smallest absolute Gasteiger partial charge is 0.0969 e. The van der Waals surface area contributed by atoms with Crippen LogP contribution in [0.1, 0.15) is 43.2 Å². The molecule has 1 heterocycles. The summed E-state index contributed by atoms with van der Waals surface area (Å²) in [6.07, 6.45) is 2.55. The molecule has 1 aliphatic rings. The summed E-state index contributed by atoms with van der Waals surface area (Å²) < 4.78 is 1.20. The summed E-state index contributed by atoms with van der Waals surface area (Å²) in [4.78, 5) is 4.70. The molecule has 0 amide bonds. The predicted octanol–water partition coefficient (Wildman–Crippen LogP) is 3.40. The highest BCUT2D eigenvalue weighted by Gasteiger charge is 2.28. The number of hydrogen-bond donors (Lipinski definition) is 1. The maximum Gasteiger partial charge on any atom is 0.0969 e. The zero-order chi connectivity index (χ0) is 11.3. The average Bonchev–Trinajstić information content (AvgIpc) is 2.95. The van der Waals surface area contributed by atoms with E-state index in [1.54, 1.807) is 11.3 Å². The maximum atomic E-state index is 10.1. The highest BCUT2D eigenvalue weighted by Crippen LogP contribution is 2.44. The fourth-order valence-electron chi connectivity index (χ4n) is 1.96. The third kappa shape index (κ3) is 1.64. The lowest BCUT2D eigenvalue weighted by atomic mass is 9.97. The van der Waals surface area contributed by atoms with Crippen LogP contribution >= 0.6 is 11.3 Å². The number of fused-ring (bicyclic) bond motifs is 1. The normalized spacial score (nSPS) is 16.9. The van der Waals surface area contributed by atoms with E-state index in [4.69, 9.17) is 4.98 Å². The van der Waals surface area contributed by atoms with Gasteiger partial charge in [-0.15, -0.1) is 11.3 Å². The van der Waals surface area contributed by atoms with Crippen LogP contribution in [0, 0.1) is 0 Å². The second-order valence-corrected chi connectivity index (χ2v) is 6.10. The number of rotatable bonds is 2. The molecule has 0 atom stereocenters. The third-order valence-electron chi connectivity index (χ3n) is 3.02. The first kappa shape index (κ1) is 10.2. The van der Waals surface area contributed by atoms with E-state index in [1.165, 1.54) is 22.5 Å². The number of benzene rings is 1. The van der Waals surface area contributed by atoms with Crippen molar-refractivity contribution in [2.24, 2.45) is 0 Å². The summed E-state index contributed by atoms with van der Waals surface area (Å²) in [5.41, 5.74) is 1.11. The van der Waals surface area contributed by atoms with Crippen LogP contribution in [0.3, 0.4) is 0 Å². The molecule has 1 aliphatic carbocycles. The molecule has 0 saturated heterocycles. The molecular weight excluding hydrogens is 218 g/mol. The van der Waals surface area contributed by atoms with Crippen molar-refractivity contribution in [1.82, 2.24) is 4.98 Å². The molecule has 1 aromatic carbocycles. The predicted molar refractivity (Wildman–Crippen MR) is 66.8 cm³/mol. The molecular formula is C13H15NOS. The van der Waals surface area contributed by atoms with Crippen molar-refractivity contribution in [3.63, 3.8) is 0 Å². The summed E-state index contributed by atoms with van der Waals surface area (Å²) in [5.74, 6) is 0.687. The molecule has 0 unspecified atom stereocenters. The van der Waals surface area contributed by atoms with Gasteiger partial charge in [0.05, 0.1) is 20.8 Å². The molecule has 1 aromatic heterocycles. The van der Waals surface area contributed by atoms with Gasteiger partial charge in [0.25, 0.3) is 0 Å². The van der Waals surface area contributed by atoms with E-state index in [-0.39, 0.29) is 0 Å². The molecule has 1 fully saturated rings. The minimum absolute atomic E-state index is 0.687. The number of nitrogens with zero attached hydrogens (tertiary/aromatic N) is 1. The van der Waals surface area contributed by atoms with Crippen molar-refractivity contribution < 1.29 is 5.11 Å². The lowest BCUT2D eigenvalue weighted by Crippen LogP contribution is -2.15. The summed E-state index contributed by atoms with van der Waals surface area (Å²) in [5, 5.41) is 11.4. The Morgan fingerprint density at radius 2 is 2.12 bits per heavy atom. The Hall–Kier alpha value is -0.930. The Kier molecular flexibility index (Phi) is 2.10. The van der Waals surface area contributed by atoms with Crippen molar-refractivity contribution in [2.75, 3.05) is 0 Å². The Bertz CT molecular complexity index is 534. The number of para-hydroxylation sites is 1. The zero-order valence-electron chi connectivity index (χ0n) is 9.53. The summed E-state index contributed by atoms with van der Waals surface area (Å²) in [6.45, 7) is 3.63. The van der Waals surface area contributed by atoms with Crippen molar-refractivity contribution in [3.8, 4) is 0 Å². The van der Waals surface area contributed by atoms with E-state index in [0.29, 0.717) is 5.92 Å². The van der Waals surface area contributed by atoms with Crippen LogP contribution < -0.4 is 0 Å². The number of aliphatic hydroxyl groups is 1. The summed E-state index contributed by atoms with van der Waals surface area (Å²) in [7, 11) is 0. The zero-order valence-corrected chi connectivity index (χ0v) is 10.3. The largest absolute Gasteiger partial charge is 0.386 e. The Balaban J connectivity index is 2.21. The fraction of sp³-hybridized carbons (Fsp3) is 0.462. The molecule has 1 N–H and O–H groups in total. The first-order chi connectivity index (χ1) is 7.55. The second-order valence-electron chi connectivity index (χ2n) is 5.04. The average molecular weight is 233 g/mol. The van der Waals surface area contributed by atoms with E-state index in [0.717, 1.165) is 11.1 Å². The lowest BCUT2D eigenvalue weighted by molar-refractivity contribution is 0.0800. The van der Waals surface area contributed by atoms with Gasteiger partial charge in [-0.1, -0.05) is 12.1 Å². The Morgan fingerprint density at radius 1 is 1.38 bits per heavy atom. The molecule has 3 rings (SSSR count). The van der Waals surface area contributed by atoms with Gasteiger partial charge in [-0.25, -0.2) is 4.98 Å². The molecule has 84 valence electrons. The molecule has 2 nitrogen and oxygen atoms in total. The van der Waals surface area contributed by atoms with E-state index in [2.05, 4.69) is 6.07 Å². The minimum Gasteiger partial charge on any atom is -0.386 e. The summed E-state index contributed by atoms with van der Waals surface area (Å²) in [6, 6.07) is 6.07. The van der Waals surface area contributed by atoms with Crippen LogP contribution in [0.5, 0.6) is 0 Å². The molecule has 2 aromatic rings. The van der Waals surface area contributed by atoms with Crippen molar-refractivity contribution in [2.45, 2.75) is 38.2 Å². The molecule has 0 spiro atoms. The molecule has 3 heteroatoms. The van der Waals surface area contributed by atoms with Crippen LogP contribution in [0.25, 0.3) is 10.2 Å². The van der Waals surface area contributed by atoms with Crippen LogP contribution in [0.4, 0.5) is 0 Å². The monoisotopic (exact) mass is 233 g/mol. The van der Waals surface area contributed by atoms with Crippen LogP contribution in [-0.4, -0.2) is 10.1 Å². The Labute approximate surface area is 99.0 Å². The molecule has 16 heavy (non-hydrogen) atoms. The van der Waals surface area contributed by atoms with Crippen LogP contribution in [-0.2, 0) is 5.60 Å². The lowest BCUT2D eigenvalue weighted by Gasteiger charge is -2.17. The van der Waals surface area contributed by atoms with E-state index in [1.807, 2.05) is 26.0 Å². The van der Waals surface area contributed by atoms with Gasteiger partial charge in [-0.05, 0) is 32.8 Å². The fourth-order valence-corrected chi connectivity index (χ4v) is 3.13. The van der Waals surface area contributed by atoms with E-state index >= 15 is 0 Å². The van der Waals surface area contributed by atoms with Gasteiger partial charge in [-0.3, -0.25) is 0 Å². The van der Waals surface area contributed by atoms with Gasteiger partial charge < -0.3 is 5.11 Å². The van der Waals surface area contributed by atoms with Crippen LogP contribution in [0.2, 0.25) is 0 Å². The van der Waals surface area contributed by atoms with Gasteiger partial charge in [0.2, 0.25) is 0 Å². The first-order valence-corrected chi connectivity index (χ1v) is 6.49. The van der Waals surface area contributed by atoms with Crippen molar-refractivity contribution >= 4 is 21.6 Å². The topological polar surface area (TPSA) is 33.1 Å². The molecule has 0 aliphatic heterocycles. The van der Waals surface area contributed by atoms with Gasteiger partial charge in [0.15, 0.2) is 0 Å². The Morgan fingerprint density at radius 3 is 2.75 bits per heavy atom. The maximum absolute atomic E-state index is 10.1. The minimum atomic E-state index is -0.811. The van der Waals surface area contributed by atoms with Crippen molar-refractivity contribution in [1.29, 1.82) is 0 Å². The first-order valence-electron chi connectivity index (χ1n) is 5.68.